The molecule has 33 heavy (non-hydrogen) atoms. The van der Waals surface area contributed by atoms with Gasteiger partial charge in [0, 0.05) is 60.7 Å². The van der Waals surface area contributed by atoms with Crippen LogP contribution in [0, 0.1) is 0 Å². The Morgan fingerprint density at radius 3 is 2.52 bits per heavy atom. The lowest BCUT2D eigenvalue weighted by molar-refractivity contribution is -0.130. The highest BCUT2D eigenvalue weighted by Crippen LogP contribution is 2.20. The molecule has 1 aliphatic rings. The predicted molar refractivity (Wildman–Crippen MR) is 132 cm³/mol. The molecular weight excluding hydrogens is 436 g/mol. The number of aromatic amines is 1. The molecule has 7 nitrogen and oxygen atoms in total. The number of nitrogens with one attached hydrogen (secondary N) is 3. The molecule has 0 bridgehead atoms. The summed E-state index contributed by atoms with van der Waals surface area (Å²) in [5, 5.41) is 6.68. The predicted octanol–water partition coefficient (Wildman–Crippen LogP) is 2.97. The number of rotatable bonds is 7. The van der Waals surface area contributed by atoms with Gasteiger partial charge in [0.15, 0.2) is 0 Å². The van der Waals surface area contributed by atoms with Gasteiger partial charge in [-0.25, -0.2) is 0 Å². The summed E-state index contributed by atoms with van der Waals surface area (Å²) in [5.74, 6) is 1.57. The second-order valence-electron chi connectivity index (χ2n) is 8.17. The number of anilines is 1. The third-order valence-electron chi connectivity index (χ3n) is 5.73. The maximum Gasteiger partial charge on any atom is 0.247 e. The van der Waals surface area contributed by atoms with Gasteiger partial charge in [-0.2, -0.15) is 11.8 Å². The number of benzene rings is 2. The first-order chi connectivity index (χ1) is 16.0. The molecule has 8 heteroatoms. The zero-order valence-electron chi connectivity index (χ0n) is 18.6. The summed E-state index contributed by atoms with van der Waals surface area (Å²) in [7, 11) is 0. The lowest BCUT2D eigenvalue weighted by Crippen LogP contribution is -2.44. The highest BCUT2D eigenvalue weighted by molar-refractivity contribution is 7.99. The van der Waals surface area contributed by atoms with Crippen LogP contribution in [0.1, 0.15) is 18.1 Å². The Hall–Kier alpha value is -3.26. The van der Waals surface area contributed by atoms with Crippen LogP contribution < -0.4 is 10.6 Å². The first-order valence-electron chi connectivity index (χ1n) is 11.1. The molecule has 1 atom stereocenters. The number of H-pyrrole nitrogens is 1. The van der Waals surface area contributed by atoms with Crippen LogP contribution >= 0.6 is 11.8 Å². The first kappa shape index (κ1) is 22.9. The number of amides is 3. The average molecular weight is 465 g/mol. The third kappa shape index (κ3) is 5.96. The molecule has 0 saturated carbocycles. The molecule has 1 aromatic heterocycles. The van der Waals surface area contributed by atoms with E-state index in [-0.39, 0.29) is 17.7 Å². The quantitative estimate of drug-likeness (QED) is 0.501. The normalized spacial score (nSPS) is 14.6. The standard InChI is InChI=1S/C25H28N4O3S/c1-17(30)27-23(15-19-16-26-22-5-3-2-4-21(19)22)25(32)28-20-8-6-18(7-9-20)14-24(31)29-10-12-33-13-11-29/h2-9,16,23,26H,10-15H2,1H3,(H,27,30)(H,28,32). The van der Waals surface area contributed by atoms with Gasteiger partial charge in [0.1, 0.15) is 6.04 Å². The van der Waals surface area contributed by atoms with Gasteiger partial charge in [-0.05, 0) is 29.3 Å². The van der Waals surface area contributed by atoms with E-state index in [0.717, 1.165) is 46.6 Å². The molecule has 3 aromatic rings. The van der Waals surface area contributed by atoms with E-state index >= 15 is 0 Å². The molecule has 2 aromatic carbocycles. The number of aromatic nitrogens is 1. The van der Waals surface area contributed by atoms with Crippen LogP contribution in [0.3, 0.4) is 0 Å². The number of fused-ring (bicyclic) bond motifs is 1. The summed E-state index contributed by atoms with van der Waals surface area (Å²) in [4.78, 5) is 42.3. The Kier molecular flexibility index (Phi) is 7.34. The van der Waals surface area contributed by atoms with Gasteiger partial charge >= 0.3 is 0 Å². The summed E-state index contributed by atoms with van der Waals surface area (Å²) < 4.78 is 0. The van der Waals surface area contributed by atoms with Gasteiger partial charge < -0.3 is 20.5 Å². The number of thioether (sulfide) groups is 1. The van der Waals surface area contributed by atoms with E-state index in [0.29, 0.717) is 18.5 Å². The zero-order valence-corrected chi connectivity index (χ0v) is 19.4. The number of para-hydroxylation sites is 1. The molecule has 3 amide bonds. The molecule has 0 aliphatic carbocycles. The van der Waals surface area contributed by atoms with E-state index in [4.69, 9.17) is 0 Å². The van der Waals surface area contributed by atoms with Crippen LogP contribution in [0.2, 0.25) is 0 Å². The van der Waals surface area contributed by atoms with Crippen molar-refractivity contribution in [1.29, 1.82) is 0 Å². The van der Waals surface area contributed by atoms with Gasteiger partial charge in [0.25, 0.3) is 0 Å². The van der Waals surface area contributed by atoms with Crippen molar-refractivity contribution in [2.45, 2.75) is 25.8 Å². The fourth-order valence-corrected chi connectivity index (χ4v) is 4.91. The van der Waals surface area contributed by atoms with E-state index in [2.05, 4.69) is 15.6 Å². The molecule has 2 heterocycles. The van der Waals surface area contributed by atoms with Crippen molar-refractivity contribution >= 4 is 46.1 Å². The Morgan fingerprint density at radius 2 is 1.79 bits per heavy atom. The Balaban J connectivity index is 1.40. The second kappa shape index (κ2) is 10.6. The second-order valence-corrected chi connectivity index (χ2v) is 9.40. The van der Waals surface area contributed by atoms with Crippen molar-refractivity contribution in [1.82, 2.24) is 15.2 Å². The molecule has 1 unspecified atom stereocenters. The minimum absolute atomic E-state index is 0.136. The summed E-state index contributed by atoms with van der Waals surface area (Å²) in [5.41, 5.74) is 3.49. The zero-order chi connectivity index (χ0) is 23.2. The van der Waals surface area contributed by atoms with Crippen molar-refractivity contribution in [3.63, 3.8) is 0 Å². The molecule has 1 aliphatic heterocycles. The monoisotopic (exact) mass is 464 g/mol. The van der Waals surface area contributed by atoms with Gasteiger partial charge in [0.2, 0.25) is 17.7 Å². The van der Waals surface area contributed by atoms with Gasteiger partial charge in [-0.1, -0.05) is 30.3 Å². The van der Waals surface area contributed by atoms with Crippen molar-refractivity contribution < 1.29 is 14.4 Å². The van der Waals surface area contributed by atoms with Gasteiger partial charge in [-0.15, -0.1) is 0 Å². The number of carbonyl (C=O) groups excluding carboxylic acids is 3. The van der Waals surface area contributed by atoms with E-state index in [1.807, 2.05) is 59.3 Å². The molecule has 0 radical (unpaired) electrons. The van der Waals surface area contributed by atoms with Crippen molar-refractivity contribution in [2.75, 3.05) is 29.9 Å². The van der Waals surface area contributed by atoms with E-state index in [1.54, 1.807) is 12.1 Å². The minimum Gasteiger partial charge on any atom is -0.361 e. The van der Waals surface area contributed by atoms with Crippen LogP contribution in [0.4, 0.5) is 5.69 Å². The Morgan fingerprint density at radius 1 is 1.06 bits per heavy atom. The lowest BCUT2D eigenvalue weighted by atomic mass is 10.0. The molecule has 1 fully saturated rings. The van der Waals surface area contributed by atoms with Crippen LogP contribution in [0.25, 0.3) is 10.9 Å². The molecule has 172 valence electrons. The molecule has 3 N–H and O–H groups in total. The highest BCUT2D eigenvalue weighted by Gasteiger charge is 2.22. The smallest absolute Gasteiger partial charge is 0.247 e. The first-order valence-corrected chi connectivity index (χ1v) is 12.2. The summed E-state index contributed by atoms with van der Waals surface area (Å²) >= 11 is 1.87. The van der Waals surface area contributed by atoms with Crippen molar-refractivity contribution in [3.8, 4) is 0 Å². The number of hydrogen-bond donors (Lipinski definition) is 3. The largest absolute Gasteiger partial charge is 0.361 e. The van der Waals surface area contributed by atoms with Crippen molar-refractivity contribution in [3.05, 3.63) is 65.9 Å². The lowest BCUT2D eigenvalue weighted by Gasteiger charge is -2.26. The minimum atomic E-state index is -0.708. The van der Waals surface area contributed by atoms with Gasteiger partial charge in [0.05, 0.1) is 6.42 Å². The van der Waals surface area contributed by atoms with Crippen LogP contribution in [0.5, 0.6) is 0 Å². The van der Waals surface area contributed by atoms with Crippen LogP contribution in [-0.4, -0.2) is 58.2 Å². The molecule has 4 rings (SSSR count). The maximum atomic E-state index is 13.0. The average Bonchev–Trinajstić information content (AvgIpc) is 3.23. The van der Waals surface area contributed by atoms with Gasteiger partial charge in [-0.3, -0.25) is 14.4 Å². The van der Waals surface area contributed by atoms with E-state index in [1.165, 1.54) is 6.92 Å². The summed E-state index contributed by atoms with van der Waals surface area (Å²) in [6.07, 6.45) is 2.60. The topological polar surface area (TPSA) is 94.3 Å². The van der Waals surface area contributed by atoms with Crippen molar-refractivity contribution in [2.24, 2.45) is 0 Å². The fraction of sp³-hybridized carbons (Fsp3) is 0.320. The molecule has 1 saturated heterocycles. The Labute approximate surface area is 197 Å². The van der Waals surface area contributed by atoms with E-state index in [9.17, 15) is 14.4 Å². The summed E-state index contributed by atoms with van der Waals surface area (Å²) in [6.45, 7) is 3.01. The summed E-state index contributed by atoms with van der Waals surface area (Å²) in [6, 6.07) is 14.5. The number of nitrogens with zero attached hydrogens (tertiary/aromatic N) is 1. The molecule has 0 spiro atoms. The number of carbonyl (C=O) groups is 3. The van der Waals surface area contributed by atoms with E-state index < -0.39 is 6.04 Å². The Bertz CT molecular complexity index is 1140. The maximum absolute atomic E-state index is 13.0. The SMILES string of the molecule is CC(=O)NC(Cc1c[nH]c2ccccc12)C(=O)Nc1ccc(CC(=O)N2CCSCC2)cc1. The third-order valence-corrected chi connectivity index (χ3v) is 6.68. The molecular formula is C25H28N4O3S. The number of hydrogen-bond acceptors (Lipinski definition) is 4. The van der Waals surface area contributed by atoms with Crippen LogP contribution in [-0.2, 0) is 27.2 Å². The fourth-order valence-electron chi connectivity index (χ4n) is 4.01. The highest BCUT2D eigenvalue weighted by atomic mass is 32.2. The van der Waals surface area contributed by atoms with Crippen LogP contribution in [0.15, 0.2) is 54.7 Å².